The number of carbonyl (C=O) groups is 1. The molecule has 5 nitrogen and oxygen atoms in total. The minimum atomic E-state index is -0.280. The highest BCUT2D eigenvalue weighted by Crippen LogP contribution is 2.24. The zero-order valence-electron chi connectivity index (χ0n) is 8.90. The van der Waals surface area contributed by atoms with Crippen LogP contribution in [-0.4, -0.2) is 35.4 Å². The number of ether oxygens (including phenoxy) is 2. The van der Waals surface area contributed by atoms with Gasteiger partial charge in [-0.2, -0.15) is 4.98 Å². The van der Waals surface area contributed by atoms with Crippen molar-refractivity contribution in [2.24, 2.45) is 0 Å². The van der Waals surface area contributed by atoms with Gasteiger partial charge in [0.15, 0.2) is 5.16 Å². The van der Waals surface area contributed by atoms with Gasteiger partial charge in [-0.15, -0.1) is 0 Å². The van der Waals surface area contributed by atoms with Crippen molar-refractivity contribution in [3.05, 3.63) is 10.7 Å². The molecule has 0 bridgehead atoms. The Morgan fingerprint density at radius 2 is 2.38 bits per heavy atom. The van der Waals surface area contributed by atoms with Crippen LogP contribution < -0.4 is 4.74 Å². The minimum Gasteiger partial charge on any atom is -0.480 e. The largest absolute Gasteiger partial charge is 0.480 e. The van der Waals surface area contributed by atoms with E-state index in [2.05, 4.69) is 25.9 Å². The number of hydrogen-bond acceptors (Lipinski definition) is 6. The number of thioether (sulfide) groups is 1. The van der Waals surface area contributed by atoms with E-state index in [1.807, 2.05) is 0 Å². The summed E-state index contributed by atoms with van der Waals surface area (Å²) in [5.41, 5.74) is 0. The molecule has 7 heteroatoms. The average Bonchev–Trinajstić information content (AvgIpc) is 2.28. The molecule has 0 atom stereocenters. The van der Waals surface area contributed by atoms with Gasteiger partial charge in [-0.1, -0.05) is 11.8 Å². The molecule has 0 spiro atoms. The number of methoxy groups -OCH3 is 1. The quantitative estimate of drug-likeness (QED) is 0.470. The number of rotatable bonds is 5. The number of esters is 1. The average molecular weight is 307 g/mol. The highest BCUT2D eigenvalue weighted by atomic mass is 79.9. The first-order chi connectivity index (χ1) is 7.67. The van der Waals surface area contributed by atoms with E-state index in [1.165, 1.54) is 18.9 Å². The standard InChI is InChI=1S/C9H11BrN2O3S/c1-3-15-7(13)5-16-9-11-4-6(10)8(12-9)14-2/h4H,3,5H2,1-2H3. The lowest BCUT2D eigenvalue weighted by Gasteiger charge is -2.04. The van der Waals surface area contributed by atoms with Gasteiger partial charge in [-0.25, -0.2) is 4.98 Å². The van der Waals surface area contributed by atoms with Crippen molar-refractivity contribution in [2.75, 3.05) is 19.5 Å². The Morgan fingerprint density at radius 1 is 1.62 bits per heavy atom. The third kappa shape index (κ3) is 3.97. The van der Waals surface area contributed by atoms with Gasteiger partial charge in [0, 0.05) is 6.20 Å². The summed E-state index contributed by atoms with van der Waals surface area (Å²) < 4.78 is 10.5. The van der Waals surface area contributed by atoms with Crippen LogP contribution in [-0.2, 0) is 9.53 Å². The normalized spacial score (nSPS) is 9.94. The van der Waals surface area contributed by atoms with Crippen molar-refractivity contribution in [3.63, 3.8) is 0 Å². The number of halogens is 1. The predicted octanol–water partition coefficient (Wildman–Crippen LogP) is 1.90. The molecule has 0 amide bonds. The molecule has 0 saturated heterocycles. The molecule has 88 valence electrons. The smallest absolute Gasteiger partial charge is 0.316 e. The first-order valence-electron chi connectivity index (χ1n) is 4.52. The lowest BCUT2D eigenvalue weighted by molar-refractivity contribution is -0.139. The summed E-state index contributed by atoms with van der Waals surface area (Å²) in [6.45, 7) is 2.14. The summed E-state index contributed by atoms with van der Waals surface area (Å²) in [7, 11) is 1.52. The van der Waals surface area contributed by atoms with Crippen LogP contribution in [0.4, 0.5) is 0 Å². The lowest BCUT2D eigenvalue weighted by atomic mass is 10.6. The summed E-state index contributed by atoms with van der Waals surface area (Å²) in [6.07, 6.45) is 1.58. The first-order valence-corrected chi connectivity index (χ1v) is 6.30. The highest BCUT2D eigenvalue weighted by Gasteiger charge is 2.08. The minimum absolute atomic E-state index is 0.193. The van der Waals surface area contributed by atoms with E-state index in [-0.39, 0.29) is 11.7 Å². The highest BCUT2D eigenvalue weighted by molar-refractivity contribution is 9.10. The van der Waals surface area contributed by atoms with Crippen LogP contribution in [0.5, 0.6) is 5.88 Å². The first kappa shape index (κ1) is 13.2. The Hall–Kier alpha value is -0.820. The van der Waals surface area contributed by atoms with Gasteiger partial charge in [0.2, 0.25) is 5.88 Å². The van der Waals surface area contributed by atoms with Gasteiger partial charge in [0.05, 0.1) is 23.9 Å². The summed E-state index contributed by atoms with van der Waals surface area (Å²) >= 11 is 4.45. The number of carbonyl (C=O) groups excluding carboxylic acids is 1. The van der Waals surface area contributed by atoms with Gasteiger partial charge in [0.25, 0.3) is 0 Å². The molecule has 0 unspecified atom stereocenters. The molecule has 0 radical (unpaired) electrons. The molecule has 0 fully saturated rings. The monoisotopic (exact) mass is 306 g/mol. The van der Waals surface area contributed by atoms with Gasteiger partial charge >= 0.3 is 5.97 Å². The van der Waals surface area contributed by atoms with E-state index in [0.717, 1.165) is 0 Å². The molecule has 0 aromatic carbocycles. The maximum atomic E-state index is 11.1. The topological polar surface area (TPSA) is 61.3 Å². The Labute approximate surface area is 106 Å². The third-order valence-electron chi connectivity index (χ3n) is 1.51. The second-order valence-corrected chi connectivity index (χ2v) is 4.40. The second kappa shape index (κ2) is 6.70. The van der Waals surface area contributed by atoms with Crippen LogP contribution in [0.2, 0.25) is 0 Å². The van der Waals surface area contributed by atoms with Gasteiger partial charge in [0.1, 0.15) is 0 Å². The number of hydrogen-bond donors (Lipinski definition) is 0. The Bertz CT molecular complexity index is 376. The number of nitrogens with zero attached hydrogens (tertiary/aromatic N) is 2. The van der Waals surface area contributed by atoms with Crippen LogP contribution in [0.3, 0.4) is 0 Å². The van der Waals surface area contributed by atoms with Crippen LogP contribution in [0.25, 0.3) is 0 Å². The van der Waals surface area contributed by atoms with Crippen molar-refractivity contribution < 1.29 is 14.3 Å². The fourth-order valence-electron chi connectivity index (χ4n) is 0.875. The van der Waals surface area contributed by atoms with Crippen LogP contribution in [0.15, 0.2) is 15.8 Å². The van der Waals surface area contributed by atoms with Gasteiger partial charge in [-0.05, 0) is 22.9 Å². The van der Waals surface area contributed by atoms with E-state index in [0.29, 0.717) is 22.1 Å². The predicted molar refractivity (Wildman–Crippen MR) is 63.6 cm³/mol. The van der Waals surface area contributed by atoms with Gasteiger partial charge < -0.3 is 9.47 Å². The molecule has 1 aromatic rings. The van der Waals surface area contributed by atoms with Gasteiger partial charge in [-0.3, -0.25) is 4.79 Å². The molecular weight excluding hydrogens is 296 g/mol. The van der Waals surface area contributed by atoms with Crippen molar-refractivity contribution in [2.45, 2.75) is 12.1 Å². The molecule has 0 saturated carbocycles. The van der Waals surface area contributed by atoms with Crippen molar-refractivity contribution >= 4 is 33.7 Å². The molecule has 0 N–H and O–H groups in total. The molecule has 0 aliphatic heterocycles. The molecule has 1 heterocycles. The molecular formula is C9H11BrN2O3S. The van der Waals surface area contributed by atoms with Crippen molar-refractivity contribution in [3.8, 4) is 5.88 Å². The maximum Gasteiger partial charge on any atom is 0.316 e. The molecule has 0 aliphatic rings. The zero-order chi connectivity index (χ0) is 12.0. The van der Waals surface area contributed by atoms with E-state index in [1.54, 1.807) is 13.1 Å². The van der Waals surface area contributed by atoms with E-state index < -0.39 is 0 Å². The SMILES string of the molecule is CCOC(=O)CSc1ncc(Br)c(OC)n1. The summed E-state index contributed by atoms with van der Waals surface area (Å²) in [5, 5.41) is 0.480. The van der Waals surface area contributed by atoms with Crippen LogP contribution >= 0.6 is 27.7 Å². The van der Waals surface area contributed by atoms with E-state index in [9.17, 15) is 4.79 Å². The summed E-state index contributed by atoms with van der Waals surface area (Å²) in [4.78, 5) is 19.2. The van der Waals surface area contributed by atoms with Crippen molar-refractivity contribution in [1.82, 2.24) is 9.97 Å². The Kier molecular flexibility index (Phi) is 5.54. The summed E-state index contributed by atoms with van der Waals surface area (Å²) in [5.74, 6) is 0.359. The van der Waals surface area contributed by atoms with Crippen LogP contribution in [0, 0.1) is 0 Å². The fraction of sp³-hybridized carbons (Fsp3) is 0.444. The van der Waals surface area contributed by atoms with E-state index >= 15 is 0 Å². The zero-order valence-corrected chi connectivity index (χ0v) is 11.3. The molecule has 0 aliphatic carbocycles. The lowest BCUT2D eigenvalue weighted by Crippen LogP contribution is -2.07. The summed E-state index contributed by atoms with van der Waals surface area (Å²) in [6, 6.07) is 0. The van der Waals surface area contributed by atoms with Crippen molar-refractivity contribution in [1.29, 1.82) is 0 Å². The van der Waals surface area contributed by atoms with Crippen LogP contribution in [0.1, 0.15) is 6.92 Å². The molecule has 1 rings (SSSR count). The molecule has 1 aromatic heterocycles. The fourth-order valence-corrected chi connectivity index (χ4v) is 1.83. The second-order valence-electron chi connectivity index (χ2n) is 2.60. The third-order valence-corrected chi connectivity index (χ3v) is 2.89. The Balaban J connectivity index is 2.57. The van der Waals surface area contributed by atoms with E-state index in [4.69, 9.17) is 9.47 Å². The maximum absolute atomic E-state index is 11.1. The molecule has 16 heavy (non-hydrogen) atoms. The Morgan fingerprint density at radius 3 is 3.00 bits per heavy atom. The number of aromatic nitrogens is 2.